The van der Waals surface area contributed by atoms with E-state index in [-0.39, 0.29) is 82.3 Å². The average molecular weight is 1360 g/mol. The van der Waals surface area contributed by atoms with Crippen LogP contribution >= 0.6 is 11.8 Å². The molecule has 6 saturated heterocycles. The summed E-state index contributed by atoms with van der Waals surface area (Å²) in [5.74, 6) is 7.73. The van der Waals surface area contributed by atoms with Gasteiger partial charge in [0, 0.05) is 100.0 Å². The normalized spacial score (nSPS) is 42.3. The molecule has 9 N–H and O–H groups in total. The number of carbonyl (C=O) groups excluding carboxylic acids is 4. The molecule has 0 aromatic carbocycles. The first-order valence-electron chi connectivity index (χ1n) is 39.8. The second kappa shape index (κ2) is 30.2. The van der Waals surface area contributed by atoms with E-state index >= 15 is 0 Å². The maximum atomic E-state index is 12.9. The Balaban J connectivity index is 0.000000184. The molecule has 1 unspecified atom stereocenters. The van der Waals surface area contributed by atoms with E-state index in [1.807, 2.05) is 11.8 Å². The number of fused-ring (bicyclic) bond motifs is 13. The summed E-state index contributed by atoms with van der Waals surface area (Å²) in [7, 11) is 0. The van der Waals surface area contributed by atoms with Gasteiger partial charge in [0.05, 0.1) is 47.7 Å². The van der Waals surface area contributed by atoms with Crippen molar-refractivity contribution in [1.29, 1.82) is 0 Å². The van der Waals surface area contributed by atoms with Crippen molar-refractivity contribution in [3.63, 3.8) is 0 Å². The van der Waals surface area contributed by atoms with Crippen LogP contribution in [0.2, 0.25) is 0 Å². The molecular formula is C80H128N8O8S. The van der Waals surface area contributed by atoms with Gasteiger partial charge in [0.1, 0.15) is 0 Å². The van der Waals surface area contributed by atoms with Gasteiger partial charge in [0.25, 0.3) is 0 Å². The Morgan fingerprint density at radius 3 is 1.59 bits per heavy atom. The highest BCUT2D eigenvalue weighted by molar-refractivity contribution is 8.00. The molecule has 2 spiro atoms. The molecule has 4 saturated carbocycles. The van der Waals surface area contributed by atoms with Gasteiger partial charge in [-0.05, 0) is 231 Å². The predicted octanol–water partition coefficient (Wildman–Crippen LogP) is 11.6. The van der Waals surface area contributed by atoms with Gasteiger partial charge >= 0.3 is 6.03 Å². The average Bonchev–Trinajstić information content (AvgIpc) is 1.55. The molecule has 542 valence electrons. The molecule has 17 heteroatoms. The summed E-state index contributed by atoms with van der Waals surface area (Å²) in [5, 5.41) is 36.8. The third-order valence-corrected chi connectivity index (χ3v) is 30.7. The minimum atomic E-state index is -0.174. The predicted molar refractivity (Wildman–Crippen MR) is 386 cm³/mol. The number of urea groups is 1. The summed E-state index contributed by atoms with van der Waals surface area (Å²) in [6.07, 6.45) is 33.2. The first-order chi connectivity index (χ1) is 46.6. The highest BCUT2D eigenvalue weighted by Crippen LogP contribution is 2.68. The lowest BCUT2D eigenvalue weighted by Crippen LogP contribution is -2.54. The summed E-state index contributed by atoms with van der Waals surface area (Å²) in [6.45, 7) is 26.3. The lowest BCUT2D eigenvalue weighted by atomic mass is 9.56. The zero-order valence-corrected chi connectivity index (χ0v) is 61.8. The number of hydrogen-bond acceptors (Lipinski definition) is 12. The lowest BCUT2D eigenvalue weighted by Gasteiger charge is -2.49. The molecule has 0 radical (unpaired) electrons. The number of nitrogens with two attached hydrogens (primary N) is 1. The topological polar surface area (TPSA) is 220 Å². The minimum Gasteiger partial charge on any atom is -0.393 e. The van der Waals surface area contributed by atoms with Crippen LogP contribution in [0.25, 0.3) is 0 Å². The van der Waals surface area contributed by atoms with Gasteiger partial charge in [-0.2, -0.15) is 11.8 Å². The van der Waals surface area contributed by atoms with Gasteiger partial charge in [-0.25, -0.2) is 4.79 Å². The summed E-state index contributed by atoms with van der Waals surface area (Å²) >= 11 is 1.92. The van der Waals surface area contributed by atoms with Gasteiger partial charge in [0.15, 0.2) is 0 Å². The summed E-state index contributed by atoms with van der Waals surface area (Å²) < 4.78 is 14.6. The van der Waals surface area contributed by atoms with Crippen molar-refractivity contribution >= 4 is 35.5 Å². The zero-order valence-electron chi connectivity index (χ0n) is 61.0. The number of carbonyl (C=O) groups is 4. The number of aliphatic hydroxyl groups is 2. The van der Waals surface area contributed by atoms with Crippen molar-refractivity contribution in [3.05, 3.63) is 45.6 Å². The Hall–Kier alpha value is -3.29. The molecule has 23 atom stereocenters. The van der Waals surface area contributed by atoms with E-state index < -0.39 is 0 Å². The molecule has 6 aliphatic heterocycles. The number of aliphatic hydroxyl groups excluding tert-OH is 2. The highest BCUT2D eigenvalue weighted by atomic mass is 32.2. The number of hydrogen-bond donors (Lipinski definition) is 8. The maximum Gasteiger partial charge on any atom is 0.315 e. The zero-order chi connectivity index (χ0) is 68.1. The SMILES string of the molecule is CC1=C2C[C@H]3[C@@H](CC=C4C[C@@H](O)CC[C@@]43C)[C@@H]2CC[C@]12O[C@@H]1C[C@H](C)CN(CCNC(=O)CCCCCN)[C@H]1[C@H]2C.CC1=C2C[C@H]3[C@@H](CC=C4C[C@@H](O)CC[C@@]43C)[C@@H]2CC[C@]12O[C@@H]1C[C@H](C)CN(CCNC(=O)CCCCCNC(=O)CCCCC3SC[C@@H]4NC(=O)N[C@H]34)[C@H]1[C@H]2C. The van der Waals surface area contributed by atoms with Crippen LogP contribution < -0.4 is 32.3 Å². The van der Waals surface area contributed by atoms with Crippen LogP contribution in [0, 0.1) is 70.0 Å². The Morgan fingerprint density at radius 1 is 0.619 bits per heavy atom. The fraction of sp³-hybridized carbons (Fsp3) is 0.850. The number of ether oxygens (including phenoxy) is 2. The van der Waals surface area contributed by atoms with Crippen molar-refractivity contribution in [2.45, 2.75) is 300 Å². The fourth-order valence-corrected chi connectivity index (χ4v) is 25.6. The molecule has 97 heavy (non-hydrogen) atoms. The molecule has 14 rings (SSSR count). The summed E-state index contributed by atoms with van der Waals surface area (Å²) in [6, 6.07) is 1.24. The number of amides is 5. The van der Waals surface area contributed by atoms with Gasteiger partial charge < -0.3 is 52.0 Å². The number of nitrogens with zero attached hydrogens (tertiary/aromatic N) is 2. The maximum absolute atomic E-state index is 12.9. The second-order valence-corrected chi connectivity index (χ2v) is 36.0. The quantitative estimate of drug-likeness (QED) is 0.0288. The largest absolute Gasteiger partial charge is 0.393 e. The Bertz CT molecular complexity index is 2990. The minimum absolute atomic E-state index is 0.0472. The van der Waals surface area contributed by atoms with Crippen molar-refractivity contribution in [2.24, 2.45) is 75.7 Å². The molecule has 16 nitrogen and oxygen atoms in total. The molecule has 14 aliphatic rings. The van der Waals surface area contributed by atoms with E-state index in [2.05, 4.69) is 104 Å². The third kappa shape index (κ3) is 14.2. The number of unbranched alkanes of at least 4 members (excludes halogenated alkanes) is 5. The molecule has 0 aromatic rings. The van der Waals surface area contributed by atoms with Crippen LogP contribution in [0.15, 0.2) is 45.6 Å². The number of thioether (sulfide) groups is 1. The van der Waals surface area contributed by atoms with Crippen molar-refractivity contribution in [3.8, 4) is 0 Å². The first kappa shape index (κ1) is 72.1. The summed E-state index contributed by atoms with van der Waals surface area (Å²) in [4.78, 5) is 54.5. The number of likely N-dealkylation sites (tertiary alicyclic amines) is 2. The molecule has 5 amide bonds. The van der Waals surface area contributed by atoms with Crippen LogP contribution in [0.4, 0.5) is 4.79 Å². The van der Waals surface area contributed by atoms with Gasteiger partial charge in [0.2, 0.25) is 17.7 Å². The first-order valence-corrected chi connectivity index (χ1v) is 40.9. The van der Waals surface area contributed by atoms with Crippen LogP contribution in [0.1, 0.15) is 235 Å². The van der Waals surface area contributed by atoms with Crippen LogP contribution in [0.3, 0.4) is 0 Å². The smallest absolute Gasteiger partial charge is 0.315 e. The molecule has 0 bridgehead atoms. The van der Waals surface area contributed by atoms with E-state index in [1.165, 1.54) is 44.1 Å². The lowest BCUT2D eigenvalue weighted by molar-refractivity contribution is -0.122. The molecule has 0 aromatic heterocycles. The van der Waals surface area contributed by atoms with E-state index in [0.717, 1.165) is 178 Å². The monoisotopic (exact) mass is 1360 g/mol. The number of rotatable bonds is 22. The van der Waals surface area contributed by atoms with E-state index in [9.17, 15) is 29.4 Å². The Morgan fingerprint density at radius 2 is 1.09 bits per heavy atom. The van der Waals surface area contributed by atoms with Crippen molar-refractivity contribution in [2.75, 3.05) is 58.1 Å². The molecular weight excluding hydrogens is 1230 g/mol. The standard InChI is InChI=1S/C45H71N5O5S.C35H57N3O3/c1-27-22-37-42(29(3)45(55-37)18-16-32-33-14-13-30-23-31(51)15-17-44(30,4)35(33)24-34(32)28(45)2)50(25-27)21-20-47-40(53)11-6-5-9-19-46-39(52)12-8-7-10-38-41-36(26-56-38)48-43(54)49-41;1-22-18-31-33(38(21-22)17-16-37-32(40)8-6-5-7-15-36)24(3)35(41-31)14-12-27-28-10-9-25-19-26(39)11-13-34(25,4)30(28)20-29(27)23(35)2/h13,27,29,31-33,35-38,41-42,51H,5-12,14-26H2,1-4H3,(H,46,52)(H,47,53)(H2,48,49,54);9,22,24,26-28,30-31,33,39H,5-8,10-21,36H2,1-4H3,(H,37,40)/t27-,29+,31-,32-,33-,35-,36-,37+,38?,41-,42-,44-,45-;22-,24+,26-,27-,28-,30-,31+,33-,34-,35-/m00/s1. The fourth-order valence-electron chi connectivity index (χ4n) is 24.1. The van der Waals surface area contributed by atoms with Gasteiger partial charge in [-0.3, -0.25) is 24.2 Å². The number of nitrogens with one attached hydrogen (secondary N) is 5. The Kier molecular flexibility index (Phi) is 22.4. The van der Waals surface area contributed by atoms with Crippen molar-refractivity contribution < 1.29 is 38.9 Å². The van der Waals surface area contributed by atoms with Crippen LogP contribution in [0.5, 0.6) is 0 Å². The number of piperidine rings is 2. The van der Waals surface area contributed by atoms with Gasteiger partial charge in [-0.1, -0.05) is 95.2 Å². The van der Waals surface area contributed by atoms with Crippen molar-refractivity contribution in [1.82, 2.24) is 36.4 Å². The van der Waals surface area contributed by atoms with E-state index in [4.69, 9.17) is 15.2 Å². The summed E-state index contributed by atoms with van der Waals surface area (Å²) in [5.41, 5.74) is 15.4. The van der Waals surface area contributed by atoms with Gasteiger partial charge in [-0.15, -0.1) is 0 Å². The molecule has 10 fully saturated rings. The highest BCUT2D eigenvalue weighted by Gasteiger charge is 2.64. The van der Waals surface area contributed by atoms with Crippen LogP contribution in [-0.4, -0.2) is 167 Å². The number of allylic oxidation sites excluding steroid dienone is 4. The third-order valence-electron chi connectivity index (χ3n) is 29.2. The van der Waals surface area contributed by atoms with E-state index in [0.29, 0.717) is 97.7 Å². The molecule has 8 aliphatic carbocycles. The van der Waals surface area contributed by atoms with Crippen LogP contribution in [-0.2, 0) is 23.9 Å². The second-order valence-electron chi connectivity index (χ2n) is 34.7. The van der Waals surface area contributed by atoms with E-state index in [1.54, 1.807) is 27.9 Å². The Labute approximate surface area is 587 Å². The molecule has 6 heterocycles.